The molecule has 9 heteroatoms. The molecule has 0 radical (unpaired) electrons. The highest BCUT2D eigenvalue weighted by molar-refractivity contribution is 7.89. The maximum atomic E-state index is 10.6. The van der Waals surface area contributed by atoms with Crippen LogP contribution in [0, 0.1) is 0 Å². The fourth-order valence-electron chi connectivity index (χ4n) is 1.07. The molecule has 0 amide bonds. The third-order valence-electron chi connectivity index (χ3n) is 1.68. The molecule has 0 spiro atoms. The number of sulfonamides is 1. The molecule has 90 valence electrons. The summed E-state index contributed by atoms with van der Waals surface area (Å²) in [6.07, 6.45) is 0.378. The molecule has 0 saturated heterocycles. The number of primary sulfonamides is 1. The molecule has 1 aromatic heterocycles. The Morgan fingerprint density at radius 3 is 2.56 bits per heavy atom. The van der Waals surface area contributed by atoms with E-state index in [1.54, 1.807) is 0 Å². The van der Waals surface area contributed by atoms with Gasteiger partial charge in [0.15, 0.2) is 0 Å². The zero-order valence-electron chi connectivity index (χ0n) is 8.55. The molecule has 0 aliphatic heterocycles. The first-order chi connectivity index (χ1) is 7.37. The molecule has 0 atom stereocenters. The van der Waals surface area contributed by atoms with Crippen molar-refractivity contribution in [2.75, 3.05) is 29.1 Å². The zero-order valence-corrected chi connectivity index (χ0v) is 9.37. The van der Waals surface area contributed by atoms with Crippen LogP contribution in [0.25, 0.3) is 0 Å². The normalized spacial score (nSPS) is 11.3. The van der Waals surface area contributed by atoms with Crippen LogP contribution in [0.2, 0.25) is 0 Å². The van der Waals surface area contributed by atoms with E-state index >= 15 is 0 Å². The van der Waals surface area contributed by atoms with E-state index in [2.05, 4.69) is 15.3 Å². The predicted octanol–water partition coefficient (Wildman–Crippen LogP) is -1.27. The molecule has 8 nitrogen and oxygen atoms in total. The van der Waals surface area contributed by atoms with Gasteiger partial charge in [0.05, 0.1) is 5.75 Å². The van der Waals surface area contributed by atoms with Gasteiger partial charge in [-0.3, -0.25) is 0 Å². The van der Waals surface area contributed by atoms with Crippen molar-refractivity contribution in [3.63, 3.8) is 0 Å². The fourth-order valence-corrected chi connectivity index (χ4v) is 1.61. The van der Waals surface area contributed by atoms with Gasteiger partial charge >= 0.3 is 0 Å². The second kappa shape index (κ2) is 4.94. The fraction of sp³-hybridized carbons (Fsp3) is 0.429. The van der Waals surface area contributed by atoms with E-state index in [4.69, 9.17) is 16.6 Å². The first-order valence-corrected chi connectivity index (χ1v) is 6.23. The van der Waals surface area contributed by atoms with E-state index in [1.807, 2.05) is 0 Å². The van der Waals surface area contributed by atoms with Gasteiger partial charge in [0, 0.05) is 12.6 Å². The van der Waals surface area contributed by atoms with Gasteiger partial charge in [-0.2, -0.15) is 9.97 Å². The third-order valence-corrected chi connectivity index (χ3v) is 2.53. The minimum absolute atomic E-state index is 0.0638. The van der Waals surface area contributed by atoms with E-state index in [1.165, 1.54) is 6.07 Å². The first kappa shape index (κ1) is 12.5. The Balaban J connectivity index is 2.43. The summed E-state index contributed by atoms with van der Waals surface area (Å²) < 4.78 is 21.3. The summed E-state index contributed by atoms with van der Waals surface area (Å²) in [6, 6.07) is 1.51. The highest BCUT2D eigenvalue weighted by Crippen LogP contribution is 2.08. The average Bonchev–Trinajstić information content (AvgIpc) is 2.09. The maximum absolute atomic E-state index is 10.6. The van der Waals surface area contributed by atoms with Gasteiger partial charge in [-0.25, -0.2) is 13.6 Å². The number of nitrogens with one attached hydrogen (secondary N) is 1. The molecule has 0 aromatic carbocycles. The van der Waals surface area contributed by atoms with Crippen LogP contribution in [0.3, 0.4) is 0 Å². The van der Waals surface area contributed by atoms with Crippen LogP contribution in [0.5, 0.6) is 0 Å². The van der Waals surface area contributed by atoms with Gasteiger partial charge in [-0.1, -0.05) is 0 Å². The summed E-state index contributed by atoms with van der Waals surface area (Å²) in [4.78, 5) is 7.55. The molecule has 0 fully saturated rings. The molecule has 7 N–H and O–H groups in total. The minimum atomic E-state index is -3.42. The smallest absolute Gasteiger partial charge is 0.223 e. The average molecular weight is 246 g/mol. The number of hydrogen-bond acceptors (Lipinski definition) is 7. The predicted molar refractivity (Wildman–Crippen MR) is 61.9 cm³/mol. The topological polar surface area (TPSA) is 150 Å². The highest BCUT2D eigenvalue weighted by Gasteiger charge is 2.03. The number of hydrogen-bond donors (Lipinski definition) is 4. The van der Waals surface area contributed by atoms with E-state index < -0.39 is 10.0 Å². The van der Waals surface area contributed by atoms with Crippen LogP contribution in [0.4, 0.5) is 17.6 Å². The second-order valence-electron chi connectivity index (χ2n) is 3.18. The first-order valence-electron chi connectivity index (χ1n) is 4.51. The Morgan fingerprint density at radius 1 is 1.31 bits per heavy atom. The largest absolute Gasteiger partial charge is 0.383 e. The molecule has 1 rings (SSSR count). The number of anilines is 3. The Morgan fingerprint density at radius 2 is 2.00 bits per heavy atom. The van der Waals surface area contributed by atoms with Crippen molar-refractivity contribution in [1.82, 2.24) is 9.97 Å². The van der Waals surface area contributed by atoms with Gasteiger partial charge in [-0.15, -0.1) is 0 Å². The molecule has 0 bridgehead atoms. The van der Waals surface area contributed by atoms with E-state index in [-0.39, 0.29) is 17.5 Å². The second-order valence-corrected chi connectivity index (χ2v) is 4.92. The molecule has 0 saturated carbocycles. The quantitative estimate of drug-likeness (QED) is 0.473. The van der Waals surface area contributed by atoms with E-state index in [9.17, 15) is 8.42 Å². The summed E-state index contributed by atoms with van der Waals surface area (Å²) in [5, 5.41) is 7.71. The van der Waals surface area contributed by atoms with Crippen molar-refractivity contribution in [1.29, 1.82) is 0 Å². The minimum Gasteiger partial charge on any atom is -0.383 e. The lowest BCUT2D eigenvalue weighted by Gasteiger charge is -2.05. The van der Waals surface area contributed by atoms with Gasteiger partial charge < -0.3 is 16.8 Å². The van der Waals surface area contributed by atoms with Crippen molar-refractivity contribution in [2.45, 2.75) is 6.42 Å². The molecule has 0 aliphatic rings. The third kappa shape index (κ3) is 4.75. The molecule has 16 heavy (non-hydrogen) atoms. The molecule has 1 aromatic rings. The summed E-state index contributed by atoms with van der Waals surface area (Å²) >= 11 is 0. The van der Waals surface area contributed by atoms with Crippen molar-refractivity contribution in [3.8, 4) is 0 Å². The van der Waals surface area contributed by atoms with Crippen molar-refractivity contribution in [2.24, 2.45) is 5.14 Å². The van der Waals surface area contributed by atoms with Gasteiger partial charge in [-0.05, 0) is 6.42 Å². The lowest BCUT2D eigenvalue weighted by Crippen LogP contribution is -2.19. The molecule has 1 heterocycles. The maximum Gasteiger partial charge on any atom is 0.223 e. The number of rotatable bonds is 5. The SMILES string of the molecule is Nc1cc(NCCCS(N)(=O)=O)nc(N)n1. The standard InChI is InChI=1S/C7H14N6O2S/c8-5-4-6(13-7(9)12-5)11-2-1-3-16(10,14)15/h4H,1-3H2,(H2,10,14,15)(H5,8,9,11,12,13). The van der Waals surface area contributed by atoms with Crippen molar-refractivity contribution >= 4 is 27.6 Å². The highest BCUT2D eigenvalue weighted by atomic mass is 32.2. The lowest BCUT2D eigenvalue weighted by molar-refractivity contribution is 0.595. The van der Waals surface area contributed by atoms with Crippen LogP contribution in [0.1, 0.15) is 6.42 Å². The van der Waals surface area contributed by atoms with Crippen LogP contribution in [0.15, 0.2) is 6.07 Å². The number of nitrogens with two attached hydrogens (primary N) is 3. The van der Waals surface area contributed by atoms with Crippen molar-refractivity contribution < 1.29 is 8.42 Å². The number of nitrogen functional groups attached to an aromatic ring is 2. The Kier molecular flexibility index (Phi) is 3.85. The lowest BCUT2D eigenvalue weighted by atomic mass is 10.4. The monoisotopic (exact) mass is 246 g/mol. The Hall–Kier alpha value is -1.61. The van der Waals surface area contributed by atoms with E-state index in [0.29, 0.717) is 18.8 Å². The molecule has 0 aliphatic carbocycles. The summed E-state index contributed by atoms with van der Waals surface area (Å²) in [5.41, 5.74) is 10.8. The Labute approximate surface area is 93.3 Å². The molecular weight excluding hydrogens is 232 g/mol. The van der Waals surface area contributed by atoms with Crippen molar-refractivity contribution in [3.05, 3.63) is 6.07 Å². The van der Waals surface area contributed by atoms with Gasteiger partial charge in [0.25, 0.3) is 0 Å². The van der Waals surface area contributed by atoms with Crippen LogP contribution in [-0.4, -0.2) is 30.7 Å². The molecular formula is C7H14N6O2S. The van der Waals surface area contributed by atoms with Gasteiger partial charge in [0.2, 0.25) is 16.0 Å². The zero-order chi connectivity index (χ0) is 12.2. The summed E-state index contributed by atoms with van der Waals surface area (Å²) in [7, 11) is -3.42. The van der Waals surface area contributed by atoms with Gasteiger partial charge in [0.1, 0.15) is 11.6 Å². The van der Waals surface area contributed by atoms with E-state index in [0.717, 1.165) is 0 Å². The summed E-state index contributed by atoms with van der Waals surface area (Å²) in [6.45, 7) is 0.409. The Bertz CT molecular complexity index is 440. The van der Waals surface area contributed by atoms with Crippen LogP contribution < -0.4 is 21.9 Å². The molecule has 0 unspecified atom stereocenters. The summed E-state index contributed by atoms with van der Waals surface area (Å²) in [5.74, 6) is 0.686. The van der Waals surface area contributed by atoms with Crippen LogP contribution in [-0.2, 0) is 10.0 Å². The number of nitrogens with zero attached hydrogens (tertiary/aromatic N) is 2. The number of aromatic nitrogens is 2. The van der Waals surface area contributed by atoms with Crippen LogP contribution >= 0.6 is 0 Å².